The third-order valence-electron chi connectivity index (χ3n) is 3.60. The zero-order valence-corrected chi connectivity index (χ0v) is 15.8. The maximum atomic E-state index is 12.3. The predicted molar refractivity (Wildman–Crippen MR) is 98.4 cm³/mol. The topological polar surface area (TPSA) is 105 Å². The molecule has 0 heterocycles. The van der Waals surface area contributed by atoms with E-state index in [9.17, 15) is 13.2 Å². The number of sulfonamides is 1. The van der Waals surface area contributed by atoms with Crippen LogP contribution in [0.5, 0.6) is 0 Å². The molecule has 0 saturated carbocycles. The van der Waals surface area contributed by atoms with E-state index in [0.717, 1.165) is 0 Å². The number of ether oxygens (including phenoxy) is 2. The second-order valence-corrected chi connectivity index (χ2v) is 7.60. The van der Waals surface area contributed by atoms with Crippen molar-refractivity contribution in [2.45, 2.75) is 24.5 Å². The van der Waals surface area contributed by atoms with E-state index >= 15 is 0 Å². The Bertz CT molecular complexity index is 933. The van der Waals surface area contributed by atoms with Crippen molar-refractivity contribution in [1.29, 1.82) is 5.26 Å². The maximum Gasteiger partial charge on any atom is 0.338 e. The number of esters is 1. The average Bonchev–Trinajstić information content (AvgIpc) is 2.66. The molecule has 2 aromatic carbocycles. The van der Waals surface area contributed by atoms with Gasteiger partial charge in [0.05, 0.1) is 28.7 Å². The quantitative estimate of drug-likeness (QED) is 0.695. The fraction of sp³-hybridized carbons (Fsp3) is 0.263. The van der Waals surface area contributed by atoms with Crippen molar-refractivity contribution < 1.29 is 22.7 Å². The molecule has 0 amide bonds. The van der Waals surface area contributed by atoms with Crippen LogP contribution in [0.3, 0.4) is 0 Å². The van der Waals surface area contributed by atoms with Gasteiger partial charge in [-0.25, -0.2) is 17.9 Å². The summed E-state index contributed by atoms with van der Waals surface area (Å²) in [4.78, 5) is 12.2. The van der Waals surface area contributed by atoms with Crippen molar-refractivity contribution in [3.8, 4) is 6.07 Å². The first-order chi connectivity index (χ1) is 12.9. The molecule has 0 bridgehead atoms. The fourth-order valence-electron chi connectivity index (χ4n) is 2.35. The summed E-state index contributed by atoms with van der Waals surface area (Å²) in [6.45, 7) is 1.95. The molecule has 0 radical (unpaired) electrons. The van der Waals surface area contributed by atoms with Crippen LogP contribution in [-0.4, -0.2) is 34.1 Å². The number of rotatable bonds is 8. The van der Waals surface area contributed by atoms with E-state index in [1.807, 2.05) is 6.07 Å². The monoisotopic (exact) mass is 388 g/mol. The van der Waals surface area contributed by atoms with Gasteiger partial charge >= 0.3 is 5.97 Å². The van der Waals surface area contributed by atoms with Crippen molar-refractivity contribution in [3.63, 3.8) is 0 Å². The molecule has 0 aliphatic rings. The number of nitriles is 1. The number of methoxy groups -OCH3 is 1. The minimum absolute atomic E-state index is 0.0183. The summed E-state index contributed by atoms with van der Waals surface area (Å²) < 4.78 is 37.1. The standard InChI is InChI=1S/C19H20N2O5S/c1-14(12-25-2)21-27(23,24)18-8-6-17(7-9-18)19(22)26-13-16-5-3-4-15(10-16)11-20/h3-10,14,21H,12-13H2,1-2H3/t14-/m0/s1. The smallest absolute Gasteiger partial charge is 0.338 e. The molecule has 0 unspecified atom stereocenters. The lowest BCUT2D eigenvalue weighted by Gasteiger charge is -2.13. The Hall–Kier alpha value is -2.73. The minimum atomic E-state index is -3.70. The highest BCUT2D eigenvalue weighted by Gasteiger charge is 2.18. The summed E-state index contributed by atoms with van der Waals surface area (Å²) in [5.74, 6) is -0.581. The van der Waals surface area contributed by atoms with Crippen LogP contribution in [0.1, 0.15) is 28.4 Å². The van der Waals surface area contributed by atoms with Crippen LogP contribution in [0, 0.1) is 11.3 Å². The van der Waals surface area contributed by atoms with E-state index in [1.165, 1.54) is 31.4 Å². The predicted octanol–water partition coefficient (Wildman–Crippen LogP) is 2.23. The highest BCUT2D eigenvalue weighted by Crippen LogP contribution is 2.13. The SMILES string of the molecule is COC[C@H](C)NS(=O)(=O)c1ccc(C(=O)OCc2cccc(C#N)c2)cc1. The first-order valence-electron chi connectivity index (χ1n) is 8.13. The van der Waals surface area contributed by atoms with Crippen molar-refractivity contribution in [1.82, 2.24) is 4.72 Å². The molecule has 7 nitrogen and oxygen atoms in total. The van der Waals surface area contributed by atoms with E-state index in [-0.39, 0.29) is 29.7 Å². The number of carbonyl (C=O) groups is 1. The fourth-order valence-corrected chi connectivity index (χ4v) is 3.58. The summed E-state index contributed by atoms with van der Waals surface area (Å²) in [6.07, 6.45) is 0. The Morgan fingerprint density at radius 1 is 1.22 bits per heavy atom. The lowest BCUT2D eigenvalue weighted by atomic mass is 10.1. The normalized spacial score (nSPS) is 12.2. The second kappa shape index (κ2) is 9.28. The van der Waals surface area contributed by atoms with Gasteiger partial charge in [-0.3, -0.25) is 0 Å². The van der Waals surface area contributed by atoms with Crippen LogP contribution in [-0.2, 0) is 26.1 Å². The summed E-state index contributed by atoms with van der Waals surface area (Å²) in [5.41, 5.74) is 1.40. The third kappa shape index (κ3) is 5.89. The van der Waals surface area contributed by atoms with Crippen LogP contribution >= 0.6 is 0 Å². The van der Waals surface area contributed by atoms with Gasteiger partial charge in [0.1, 0.15) is 6.61 Å². The molecule has 0 aliphatic carbocycles. The summed E-state index contributed by atoms with van der Waals surface area (Å²) in [6, 6.07) is 13.9. The third-order valence-corrected chi connectivity index (χ3v) is 5.20. The molecule has 1 atom stereocenters. The summed E-state index contributed by atoms with van der Waals surface area (Å²) >= 11 is 0. The zero-order valence-electron chi connectivity index (χ0n) is 15.0. The molecule has 1 N–H and O–H groups in total. The van der Waals surface area contributed by atoms with Gasteiger partial charge in [0, 0.05) is 13.2 Å². The molecule has 0 aromatic heterocycles. The molecule has 27 heavy (non-hydrogen) atoms. The van der Waals surface area contributed by atoms with Gasteiger partial charge in [0.2, 0.25) is 10.0 Å². The van der Waals surface area contributed by atoms with Crippen LogP contribution in [0.4, 0.5) is 0 Å². The maximum absolute atomic E-state index is 12.3. The molecule has 2 aromatic rings. The van der Waals surface area contributed by atoms with Crippen molar-refractivity contribution in [3.05, 3.63) is 65.2 Å². The van der Waals surface area contributed by atoms with Gasteiger partial charge in [-0.2, -0.15) is 5.26 Å². The Kier molecular flexibility index (Phi) is 7.07. The molecule has 0 spiro atoms. The molecule has 8 heteroatoms. The number of nitrogens with zero attached hydrogens (tertiary/aromatic N) is 1. The highest BCUT2D eigenvalue weighted by molar-refractivity contribution is 7.89. The van der Waals surface area contributed by atoms with E-state index in [4.69, 9.17) is 14.7 Å². The minimum Gasteiger partial charge on any atom is -0.457 e. The molecule has 142 valence electrons. The highest BCUT2D eigenvalue weighted by atomic mass is 32.2. The molecule has 0 saturated heterocycles. The number of hydrogen-bond donors (Lipinski definition) is 1. The van der Waals surface area contributed by atoms with Crippen LogP contribution < -0.4 is 4.72 Å². The van der Waals surface area contributed by atoms with Crippen LogP contribution in [0.25, 0.3) is 0 Å². The van der Waals surface area contributed by atoms with Crippen molar-refractivity contribution >= 4 is 16.0 Å². The van der Waals surface area contributed by atoms with Gasteiger partial charge in [0.15, 0.2) is 0 Å². The Balaban J connectivity index is 2.01. The van der Waals surface area contributed by atoms with E-state index in [0.29, 0.717) is 11.1 Å². The molecule has 0 aliphatic heterocycles. The Labute approximate surface area is 158 Å². The molecule has 2 rings (SSSR count). The van der Waals surface area contributed by atoms with Gasteiger partial charge < -0.3 is 9.47 Å². The Morgan fingerprint density at radius 3 is 2.56 bits per heavy atom. The van der Waals surface area contributed by atoms with E-state index in [2.05, 4.69) is 4.72 Å². The molecular weight excluding hydrogens is 368 g/mol. The number of nitrogens with one attached hydrogen (secondary N) is 1. The number of hydrogen-bond acceptors (Lipinski definition) is 6. The zero-order chi connectivity index (χ0) is 19.9. The lowest BCUT2D eigenvalue weighted by Crippen LogP contribution is -2.35. The van der Waals surface area contributed by atoms with Crippen LogP contribution in [0.2, 0.25) is 0 Å². The number of carbonyl (C=O) groups excluding carboxylic acids is 1. The van der Waals surface area contributed by atoms with Crippen molar-refractivity contribution in [2.75, 3.05) is 13.7 Å². The first-order valence-corrected chi connectivity index (χ1v) is 9.61. The van der Waals surface area contributed by atoms with Crippen LogP contribution in [0.15, 0.2) is 53.4 Å². The summed E-state index contributed by atoms with van der Waals surface area (Å²) in [7, 11) is -2.21. The van der Waals surface area contributed by atoms with Gasteiger partial charge in [-0.05, 0) is 48.9 Å². The molecular formula is C19H20N2O5S. The average molecular weight is 388 g/mol. The van der Waals surface area contributed by atoms with E-state index in [1.54, 1.807) is 31.2 Å². The van der Waals surface area contributed by atoms with Gasteiger partial charge in [-0.1, -0.05) is 12.1 Å². The lowest BCUT2D eigenvalue weighted by molar-refractivity contribution is 0.0472. The van der Waals surface area contributed by atoms with Gasteiger partial charge in [-0.15, -0.1) is 0 Å². The first kappa shape index (κ1) is 20.6. The molecule has 0 fully saturated rings. The largest absolute Gasteiger partial charge is 0.457 e. The van der Waals surface area contributed by atoms with E-state index < -0.39 is 16.0 Å². The van der Waals surface area contributed by atoms with Crippen molar-refractivity contribution in [2.24, 2.45) is 0 Å². The number of benzene rings is 2. The van der Waals surface area contributed by atoms with Gasteiger partial charge in [0.25, 0.3) is 0 Å². The Morgan fingerprint density at radius 2 is 1.93 bits per heavy atom. The second-order valence-electron chi connectivity index (χ2n) is 5.89. The summed E-state index contributed by atoms with van der Waals surface area (Å²) in [5, 5.41) is 8.87.